The summed E-state index contributed by atoms with van der Waals surface area (Å²) in [4.78, 5) is 12.2. The van der Waals surface area contributed by atoms with E-state index in [9.17, 15) is 4.79 Å². The van der Waals surface area contributed by atoms with Crippen LogP contribution in [0.25, 0.3) is 0 Å². The van der Waals surface area contributed by atoms with Gasteiger partial charge in [-0.25, -0.2) is 4.79 Å². The minimum atomic E-state index is -0.305. The van der Waals surface area contributed by atoms with Crippen molar-refractivity contribution in [3.05, 3.63) is 54.1 Å². The van der Waals surface area contributed by atoms with Gasteiger partial charge in [-0.05, 0) is 81.6 Å². The summed E-state index contributed by atoms with van der Waals surface area (Å²) in [5, 5.41) is 16.9. The van der Waals surface area contributed by atoms with Crippen LogP contribution in [0.4, 0.5) is 16.2 Å². The Morgan fingerprint density at radius 3 is 2.14 bits per heavy atom. The highest BCUT2D eigenvalue weighted by atomic mass is 16.5. The van der Waals surface area contributed by atoms with Gasteiger partial charge in [0.2, 0.25) is 0 Å². The largest absolute Gasteiger partial charge is 0.490 e. The molecule has 1 fully saturated rings. The molecule has 154 valence electrons. The van der Waals surface area contributed by atoms with Crippen LogP contribution in [-0.4, -0.2) is 30.9 Å². The second kappa shape index (κ2) is 10.1. The van der Waals surface area contributed by atoms with Crippen LogP contribution in [-0.2, 0) is 0 Å². The third kappa shape index (κ3) is 6.32. The molecule has 29 heavy (non-hydrogen) atoms. The molecule has 0 aromatic heterocycles. The van der Waals surface area contributed by atoms with E-state index in [1.165, 1.54) is 12.8 Å². The lowest BCUT2D eigenvalue weighted by atomic mass is 10.0. The number of hydrogen-bond donors (Lipinski definition) is 4. The molecule has 2 aromatic carbocycles. The number of urea groups is 1. The monoisotopic (exact) mass is 394 g/mol. The van der Waals surface area contributed by atoms with Crippen LogP contribution in [0.1, 0.15) is 44.6 Å². The topological polar surface area (TPSA) is 86.2 Å². The number of nitrogens with one attached hydrogen (secondary N) is 4. The molecule has 0 unspecified atom stereocenters. The predicted octanol–water partition coefficient (Wildman–Crippen LogP) is 5.02. The summed E-state index contributed by atoms with van der Waals surface area (Å²) >= 11 is 0. The van der Waals surface area contributed by atoms with Crippen LogP contribution < -0.4 is 20.7 Å². The van der Waals surface area contributed by atoms with Crippen molar-refractivity contribution in [3.8, 4) is 5.75 Å². The Morgan fingerprint density at radius 1 is 1.03 bits per heavy atom. The minimum absolute atomic E-state index is 0.251. The summed E-state index contributed by atoms with van der Waals surface area (Å²) in [5.74, 6) is 0.841. The number of carbonyl (C=O) groups excluding carboxylic acids is 1. The van der Waals surface area contributed by atoms with E-state index < -0.39 is 0 Å². The van der Waals surface area contributed by atoms with Crippen LogP contribution in [0.15, 0.2) is 48.5 Å². The Kier molecular flexibility index (Phi) is 7.25. The smallest absolute Gasteiger partial charge is 0.323 e. The number of amides is 2. The van der Waals surface area contributed by atoms with Crippen molar-refractivity contribution in [2.24, 2.45) is 0 Å². The van der Waals surface area contributed by atoms with Crippen molar-refractivity contribution in [1.82, 2.24) is 5.32 Å². The van der Waals surface area contributed by atoms with Crippen molar-refractivity contribution < 1.29 is 9.53 Å². The Bertz CT molecular complexity index is 812. The number of rotatable bonds is 8. The highest BCUT2D eigenvalue weighted by molar-refractivity contribution is 6.01. The summed E-state index contributed by atoms with van der Waals surface area (Å²) in [6.45, 7) is 2.04. The lowest BCUT2D eigenvalue weighted by molar-refractivity contribution is 0.210. The van der Waals surface area contributed by atoms with E-state index in [1.807, 2.05) is 62.5 Å². The van der Waals surface area contributed by atoms with Gasteiger partial charge >= 0.3 is 6.03 Å². The van der Waals surface area contributed by atoms with Gasteiger partial charge in [-0.3, -0.25) is 0 Å². The molecule has 0 aliphatic heterocycles. The molecule has 4 N–H and O–H groups in total. The van der Waals surface area contributed by atoms with E-state index in [4.69, 9.17) is 10.1 Å². The maximum Gasteiger partial charge on any atom is 0.323 e. The highest BCUT2D eigenvalue weighted by Gasteiger charge is 2.16. The number of anilines is 2. The lowest BCUT2D eigenvalue weighted by Gasteiger charge is -2.14. The SMILES string of the molecule is CN[C@@H](C)CC(=N)c1ccc(NC(=O)Nc2ccc(OC3CCCC3)cc2)cc1. The molecule has 0 saturated heterocycles. The van der Waals surface area contributed by atoms with Crippen molar-refractivity contribution >= 4 is 23.1 Å². The summed E-state index contributed by atoms with van der Waals surface area (Å²) < 4.78 is 5.94. The molecule has 1 saturated carbocycles. The fourth-order valence-corrected chi connectivity index (χ4v) is 3.39. The van der Waals surface area contributed by atoms with E-state index in [-0.39, 0.29) is 12.1 Å². The molecule has 1 aliphatic rings. The van der Waals surface area contributed by atoms with Crippen molar-refractivity contribution in [2.45, 2.75) is 51.2 Å². The maximum atomic E-state index is 12.2. The van der Waals surface area contributed by atoms with E-state index in [0.717, 1.165) is 24.2 Å². The lowest BCUT2D eigenvalue weighted by Crippen LogP contribution is -2.24. The first-order valence-corrected chi connectivity index (χ1v) is 10.2. The molecule has 0 spiro atoms. The molecule has 2 aromatic rings. The van der Waals surface area contributed by atoms with Gasteiger partial charge in [0.05, 0.1) is 6.10 Å². The van der Waals surface area contributed by atoms with Gasteiger partial charge in [0.1, 0.15) is 5.75 Å². The molecule has 1 atom stereocenters. The van der Waals surface area contributed by atoms with Gasteiger partial charge in [-0.2, -0.15) is 0 Å². The second-order valence-electron chi connectivity index (χ2n) is 7.58. The zero-order chi connectivity index (χ0) is 20.6. The van der Waals surface area contributed by atoms with Crippen LogP contribution in [0.2, 0.25) is 0 Å². The van der Waals surface area contributed by atoms with Crippen LogP contribution in [0.3, 0.4) is 0 Å². The first kappa shape index (κ1) is 20.9. The van der Waals surface area contributed by atoms with Gasteiger partial charge in [-0.1, -0.05) is 12.1 Å². The summed E-state index contributed by atoms with van der Waals surface area (Å²) in [7, 11) is 1.89. The normalized spacial score (nSPS) is 15.0. The Balaban J connectivity index is 1.49. The maximum absolute atomic E-state index is 12.2. The molecule has 3 rings (SSSR count). The van der Waals surface area contributed by atoms with Gasteiger partial charge in [0.15, 0.2) is 0 Å². The van der Waals surface area contributed by atoms with E-state index >= 15 is 0 Å². The van der Waals surface area contributed by atoms with E-state index in [2.05, 4.69) is 16.0 Å². The molecule has 0 bridgehead atoms. The molecule has 1 aliphatic carbocycles. The summed E-state index contributed by atoms with van der Waals surface area (Å²) in [6.07, 6.45) is 5.70. The van der Waals surface area contributed by atoms with Gasteiger partial charge in [-0.15, -0.1) is 0 Å². The fourth-order valence-electron chi connectivity index (χ4n) is 3.39. The molecular formula is C23H30N4O2. The third-order valence-electron chi connectivity index (χ3n) is 5.21. The molecule has 6 heteroatoms. The third-order valence-corrected chi connectivity index (χ3v) is 5.21. The van der Waals surface area contributed by atoms with Crippen molar-refractivity contribution in [2.75, 3.05) is 17.7 Å². The van der Waals surface area contributed by atoms with Gasteiger partial charge in [0, 0.05) is 29.5 Å². The first-order valence-electron chi connectivity index (χ1n) is 10.2. The molecule has 2 amide bonds. The Morgan fingerprint density at radius 2 is 1.59 bits per heavy atom. The predicted molar refractivity (Wildman–Crippen MR) is 118 cm³/mol. The zero-order valence-electron chi connectivity index (χ0n) is 17.1. The van der Waals surface area contributed by atoms with Crippen LogP contribution in [0.5, 0.6) is 5.75 Å². The van der Waals surface area contributed by atoms with E-state index in [0.29, 0.717) is 29.6 Å². The van der Waals surface area contributed by atoms with Crippen molar-refractivity contribution in [1.29, 1.82) is 5.41 Å². The van der Waals surface area contributed by atoms with Gasteiger partial charge in [0.25, 0.3) is 0 Å². The number of benzene rings is 2. The molecule has 0 heterocycles. The van der Waals surface area contributed by atoms with Crippen LogP contribution in [0, 0.1) is 5.41 Å². The average Bonchev–Trinajstić information content (AvgIpc) is 3.23. The molecular weight excluding hydrogens is 364 g/mol. The number of hydrogen-bond acceptors (Lipinski definition) is 4. The average molecular weight is 395 g/mol. The standard InChI is InChI=1S/C23H30N4O2/c1-16(25-2)15-22(24)17-7-9-18(10-8-17)26-23(28)27-19-11-13-21(14-12-19)29-20-5-3-4-6-20/h7-14,16,20,24-25H,3-6,15H2,1-2H3,(H2,26,27,28)/t16-/m0/s1. The Labute approximate surface area is 172 Å². The fraction of sp³-hybridized carbons (Fsp3) is 0.391. The second-order valence-corrected chi connectivity index (χ2v) is 7.58. The highest BCUT2D eigenvalue weighted by Crippen LogP contribution is 2.25. The summed E-state index contributed by atoms with van der Waals surface area (Å²) in [6, 6.07) is 14.8. The van der Waals surface area contributed by atoms with Crippen molar-refractivity contribution in [3.63, 3.8) is 0 Å². The first-order chi connectivity index (χ1) is 14.0. The number of ether oxygens (including phenoxy) is 1. The Hall–Kier alpha value is -2.86. The molecule has 6 nitrogen and oxygen atoms in total. The van der Waals surface area contributed by atoms with E-state index in [1.54, 1.807) is 0 Å². The number of carbonyl (C=O) groups is 1. The zero-order valence-corrected chi connectivity index (χ0v) is 17.1. The quantitative estimate of drug-likeness (QED) is 0.474. The summed E-state index contributed by atoms with van der Waals surface area (Å²) in [5.41, 5.74) is 2.82. The molecule has 0 radical (unpaired) electrons. The minimum Gasteiger partial charge on any atom is -0.490 e. The van der Waals surface area contributed by atoms with Gasteiger partial charge < -0.3 is 26.1 Å². The van der Waals surface area contributed by atoms with Crippen LogP contribution >= 0.6 is 0 Å².